The molecule has 72 valence electrons. The predicted octanol–water partition coefficient (Wildman–Crippen LogP) is 1.22. The van der Waals surface area contributed by atoms with E-state index in [-0.39, 0.29) is 0 Å². The van der Waals surface area contributed by atoms with Crippen molar-refractivity contribution in [1.29, 1.82) is 0 Å². The van der Waals surface area contributed by atoms with Gasteiger partial charge in [0.15, 0.2) is 0 Å². The standard InChI is InChI=1S/C10H10N2O2/c13-10(14)8-2-4-9(5-3-8)12-7-1-6-11-12/h1-5,7,11H,6H2,(H,13,14). The molecule has 2 N–H and O–H groups in total. The molecule has 1 aromatic rings. The van der Waals surface area contributed by atoms with Crippen LogP contribution in [0.3, 0.4) is 0 Å². The van der Waals surface area contributed by atoms with Gasteiger partial charge in [0.2, 0.25) is 0 Å². The van der Waals surface area contributed by atoms with Gasteiger partial charge in [0.25, 0.3) is 0 Å². The lowest BCUT2D eigenvalue weighted by Gasteiger charge is -2.15. The Labute approximate surface area is 81.4 Å². The minimum Gasteiger partial charge on any atom is -0.478 e. The summed E-state index contributed by atoms with van der Waals surface area (Å²) in [6.07, 6.45) is 3.90. The smallest absolute Gasteiger partial charge is 0.335 e. The van der Waals surface area contributed by atoms with Crippen LogP contribution in [-0.4, -0.2) is 17.6 Å². The first-order valence-electron chi connectivity index (χ1n) is 4.30. The molecule has 14 heavy (non-hydrogen) atoms. The zero-order valence-electron chi connectivity index (χ0n) is 7.47. The Morgan fingerprint density at radius 2 is 2.07 bits per heavy atom. The first-order valence-corrected chi connectivity index (χ1v) is 4.30. The normalized spacial score (nSPS) is 14.7. The van der Waals surface area contributed by atoms with Crippen molar-refractivity contribution in [2.45, 2.75) is 0 Å². The third-order valence-electron chi connectivity index (χ3n) is 2.03. The highest BCUT2D eigenvalue weighted by atomic mass is 16.4. The molecule has 0 fully saturated rings. The van der Waals surface area contributed by atoms with E-state index < -0.39 is 5.97 Å². The molecule has 0 amide bonds. The second-order valence-corrected chi connectivity index (χ2v) is 2.97. The van der Waals surface area contributed by atoms with E-state index in [1.165, 1.54) is 0 Å². The van der Waals surface area contributed by atoms with Crippen molar-refractivity contribution >= 4 is 11.7 Å². The summed E-state index contributed by atoms with van der Waals surface area (Å²) in [6, 6.07) is 6.72. The summed E-state index contributed by atoms with van der Waals surface area (Å²) >= 11 is 0. The van der Waals surface area contributed by atoms with Crippen LogP contribution >= 0.6 is 0 Å². The van der Waals surface area contributed by atoms with E-state index in [2.05, 4.69) is 5.43 Å². The maximum atomic E-state index is 10.6. The SMILES string of the molecule is O=C(O)c1ccc(N2C=CCN2)cc1. The fraction of sp³-hybridized carbons (Fsp3) is 0.100. The molecule has 0 saturated heterocycles. The summed E-state index contributed by atoms with van der Waals surface area (Å²) in [5, 5.41) is 10.6. The number of hydrogen-bond acceptors (Lipinski definition) is 3. The number of hydrazine groups is 1. The quantitative estimate of drug-likeness (QED) is 0.736. The minimum atomic E-state index is -0.901. The molecule has 0 radical (unpaired) electrons. The van der Waals surface area contributed by atoms with Crippen molar-refractivity contribution in [3.63, 3.8) is 0 Å². The molecule has 4 nitrogen and oxygen atoms in total. The third kappa shape index (κ3) is 1.60. The average Bonchev–Trinajstić information content (AvgIpc) is 2.71. The fourth-order valence-electron chi connectivity index (χ4n) is 1.30. The zero-order chi connectivity index (χ0) is 9.97. The van der Waals surface area contributed by atoms with Crippen LogP contribution in [0.5, 0.6) is 0 Å². The molecule has 1 aromatic carbocycles. The maximum absolute atomic E-state index is 10.6. The molecule has 0 bridgehead atoms. The number of nitrogens with zero attached hydrogens (tertiary/aromatic N) is 1. The van der Waals surface area contributed by atoms with Gasteiger partial charge in [-0.05, 0) is 24.3 Å². The van der Waals surface area contributed by atoms with Gasteiger partial charge in [-0.3, -0.25) is 5.01 Å². The van der Waals surface area contributed by atoms with Gasteiger partial charge in [0.1, 0.15) is 0 Å². The monoisotopic (exact) mass is 190 g/mol. The predicted molar refractivity (Wildman–Crippen MR) is 53.0 cm³/mol. The first-order chi connectivity index (χ1) is 6.77. The highest BCUT2D eigenvalue weighted by Gasteiger charge is 2.07. The Morgan fingerprint density at radius 1 is 1.36 bits per heavy atom. The molecule has 0 saturated carbocycles. The Balaban J connectivity index is 2.21. The number of carboxylic acid groups (broad SMARTS) is 1. The van der Waals surface area contributed by atoms with Gasteiger partial charge in [0.05, 0.1) is 11.3 Å². The fourth-order valence-corrected chi connectivity index (χ4v) is 1.30. The van der Waals surface area contributed by atoms with Crippen LogP contribution in [0.1, 0.15) is 10.4 Å². The van der Waals surface area contributed by atoms with Crippen LogP contribution in [0.2, 0.25) is 0 Å². The molecule has 1 aliphatic rings. The number of rotatable bonds is 2. The van der Waals surface area contributed by atoms with E-state index in [0.29, 0.717) is 5.56 Å². The van der Waals surface area contributed by atoms with Crippen molar-refractivity contribution in [3.8, 4) is 0 Å². The number of anilines is 1. The third-order valence-corrected chi connectivity index (χ3v) is 2.03. The number of aromatic carboxylic acids is 1. The van der Waals surface area contributed by atoms with Gasteiger partial charge >= 0.3 is 5.97 Å². The van der Waals surface area contributed by atoms with Crippen LogP contribution in [0, 0.1) is 0 Å². The molecule has 0 spiro atoms. The second-order valence-electron chi connectivity index (χ2n) is 2.97. The number of carbonyl (C=O) groups is 1. The van der Waals surface area contributed by atoms with Crippen molar-refractivity contribution in [2.75, 3.05) is 11.6 Å². The van der Waals surface area contributed by atoms with E-state index in [4.69, 9.17) is 5.11 Å². The van der Waals surface area contributed by atoms with Gasteiger partial charge in [0, 0.05) is 12.7 Å². The van der Waals surface area contributed by atoms with Gasteiger partial charge in [-0.25, -0.2) is 10.2 Å². The molecular formula is C10H10N2O2. The van der Waals surface area contributed by atoms with Crippen LogP contribution in [-0.2, 0) is 0 Å². The van der Waals surface area contributed by atoms with Crippen LogP contribution < -0.4 is 10.4 Å². The number of carboxylic acids is 1. The summed E-state index contributed by atoms with van der Waals surface area (Å²) in [6.45, 7) is 0.806. The topological polar surface area (TPSA) is 52.6 Å². The molecule has 1 heterocycles. The van der Waals surface area contributed by atoms with Crippen molar-refractivity contribution in [1.82, 2.24) is 5.43 Å². The lowest BCUT2D eigenvalue weighted by molar-refractivity contribution is 0.0697. The van der Waals surface area contributed by atoms with Crippen molar-refractivity contribution in [3.05, 3.63) is 42.1 Å². The highest BCUT2D eigenvalue weighted by Crippen LogP contribution is 2.15. The average molecular weight is 190 g/mol. The minimum absolute atomic E-state index is 0.303. The molecule has 0 unspecified atom stereocenters. The van der Waals surface area contributed by atoms with Gasteiger partial charge in [-0.2, -0.15) is 0 Å². The summed E-state index contributed by atoms with van der Waals surface area (Å²) in [5.41, 5.74) is 4.33. The molecular weight excluding hydrogens is 180 g/mol. The molecule has 1 aliphatic heterocycles. The van der Waals surface area contributed by atoms with Crippen molar-refractivity contribution < 1.29 is 9.90 Å². The van der Waals surface area contributed by atoms with Crippen LogP contribution in [0.4, 0.5) is 5.69 Å². The second kappa shape index (κ2) is 3.51. The van der Waals surface area contributed by atoms with E-state index in [1.807, 2.05) is 17.3 Å². The Hall–Kier alpha value is -1.81. The maximum Gasteiger partial charge on any atom is 0.335 e. The number of hydrogen-bond donors (Lipinski definition) is 2. The van der Waals surface area contributed by atoms with E-state index in [1.54, 1.807) is 24.3 Å². The Morgan fingerprint density at radius 3 is 2.57 bits per heavy atom. The largest absolute Gasteiger partial charge is 0.478 e. The summed E-state index contributed by atoms with van der Waals surface area (Å²) in [5.74, 6) is -0.901. The van der Waals surface area contributed by atoms with Gasteiger partial charge < -0.3 is 5.11 Å². The van der Waals surface area contributed by atoms with Crippen molar-refractivity contribution in [2.24, 2.45) is 0 Å². The van der Waals surface area contributed by atoms with E-state index in [0.717, 1.165) is 12.2 Å². The van der Waals surface area contributed by atoms with Crippen LogP contribution in [0.25, 0.3) is 0 Å². The van der Waals surface area contributed by atoms with Gasteiger partial charge in [-0.15, -0.1) is 0 Å². The molecule has 0 aromatic heterocycles. The molecule has 4 heteroatoms. The first kappa shape index (κ1) is 8.77. The van der Waals surface area contributed by atoms with E-state index in [9.17, 15) is 4.79 Å². The number of benzene rings is 1. The summed E-state index contributed by atoms with van der Waals surface area (Å²) < 4.78 is 0. The lowest BCUT2D eigenvalue weighted by atomic mass is 10.2. The van der Waals surface area contributed by atoms with E-state index >= 15 is 0 Å². The Bertz CT molecular complexity index is 370. The summed E-state index contributed by atoms with van der Waals surface area (Å²) in [4.78, 5) is 10.6. The lowest BCUT2D eigenvalue weighted by Crippen LogP contribution is -2.28. The molecule has 0 atom stereocenters. The number of nitrogens with one attached hydrogen (secondary N) is 1. The summed E-state index contributed by atoms with van der Waals surface area (Å²) in [7, 11) is 0. The molecule has 0 aliphatic carbocycles. The van der Waals surface area contributed by atoms with Gasteiger partial charge in [-0.1, -0.05) is 6.08 Å². The Kier molecular flexibility index (Phi) is 2.20. The molecule has 2 rings (SSSR count). The van der Waals surface area contributed by atoms with Crippen LogP contribution in [0.15, 0.2) is 36.5 Å². The highest BCUT2D eigenvalue weighted by molar-refractivity contribution is 5.88. The zero-order valence-corrected chi connectivity index (χ0v) is 7.47.